The molecule has 0 saturated heterocycles. The van der Waals surface area contributed by atoms with Crippen LogP contribution < -0.4 is 14.8 Å². The van der Waals surface area contributed by atoms with E-state index in [1.165, 1.54) is 6.20 Å². The van der Waals surface area contributed by atoms with E-state index < -0.39 is 0 Å². The third kappa shape index (κ3) is 4.45. The van der Waals surface area contributed by atoms with Crippen molar-refractivity contribution >= 4 is 22.4 Å². The van der Waals surface area contributed by atoms with Gasteiger partial charge in [-0.1, -0.05) is 12.1 Å². The molecule has 0 aliphatic carbocycles. The van der Waals surface area contributed by atoms with Crippen LogP contribution in [0.25, 0.3) is 10.8 Å². The predicted octanol–water partition coefficient (Wildman–Crippen LogP) is 2.98. The number of benzene rings is 1. The quantitative estimate of drug-likeness (QED) is 0.670. The van der Waals surface area contributed by atoms with Crippen LogP contribution in [-0.2, 0) is 0 Å². The van der Waals surface area contributed by atoms with E-state index in [0.29, 0.717) is 18.2 Å². The van der Waals surface area contributed by atoms with E-state index in [4.69, 9.17) is 9.47 Å². The molecular weight excluding hydrogens is 356 g/mol. The summed E-state index contributed by atoms with van der Waals surface area (Å²) in [5.74, 6) is 2.01. The molecule has 0 amide bonds. The number of aromatic nitrogens is 3. The normalized spacial score (nSPS) is 11.9. The Morgan fingerprint density at radius 2 is 2.04 bits per heavy atom. The molecule has 0 aliphatic heterocycles. The Labute approximate surface area is 163 Å². The fourth-order valence-corrected chi connectivity index (χ4v) is 2.85. The van der Waals surface area contributed by atoms with E-state index in [-0.39, 0.29) is 17.7 Å². The summed E-state index contributed by atoms with van der Waals surface area (Å²) in [6.45, 7) is 2.61. The minimum absolute atomic E-state index is 0.141. The maximum Gasteiger partial charge on any atom is 0.253 e. The van der Waals surface area contributed by atoms with Crippen LogP contribution in [0, 0.1) is 11.3 Å². The minimum atomic E-state index is -0.141. The lowest BCUT2D eigenvalue weighted by Crippen LogP contribution is -2.28. The van der Waals surface area contributed by atoms with Crippen molar-refractivity contribution in [3.05, 3.63) is 42.4 Å². The second kappa shape index (κ2) is 8.50. The Hall–Kier alpha value is -3.44. The average Bonchev–Trinajstić information content (AvgIpc) is 2.67. The molecule has 28 heavy (non-hydrogen) atoms. The number of nitriles is 1. The summed E-state index contributed by atoms with van der Waals surface area (Å²) in [4.78, 5) is 15.0. The molecule has 0 radical (unpaired) electrons. The lowest BCUT2D eigenvalue weighted by atomic mass is 10.1. The SMILES string of the molecule is COc1cccc2cc(Nc3cnc(C#N)c(OC(C)CN(C)C)n3)ncc12. The molecule has 1 unspecified atom stereocenters. The van der Waals surface area contributed by atoms with Gasteiger partial charge in [0.1, 0.15) is 23.7 Å². The van der Waals surface area contributed by atoms with Gasteiger partial charge in [0.25, 0.3) is 5.88 Å². The fourth-order valence-electron chi connectivity index (χ4n) is 2.85. The molecule has 144 valence electrons. The van der Waals surface area contributed by atoms with Gasteiger partial charge in [0, 0.05) is 18.1 Å². The second-order valence-corrected chi connectivity index (χ2v) is 6.59. The van der Waals surface area contributed by atoms with Crippen molar-refractivity contribution in [2.24, 2.45) is 0 Å². The van der Waals surface area contributed by atoms with Crippen LogP contribution in [0.15, 0.2) is 36.7 Å². The maximum absolute atomic E-state index is 9.27. The van der Waals surface area contributed by atoms with Crippen molar-refractivity contribution in [1.82, 2.24) is 19.9 Å². The standard InChI is InChI=1S/C20H22N6O2/c1-13(12-26(2)3)28-20-16(9-21)22-11-19(25-20)24-18-8-14-6-5-7-17(27-4)15(14)10-23-18/h5-8,10-11,13H,12H2,1-4H3,(H,23,24,25). The third-order valence-corrected chi connectivity index (χ3v) is 3.98. The highest BCUT2D eigenvalue weighted by atomic mass is 16.5. The fraction of sp³-hybridized carbons (Fsp3) is 0.300. The molecule has 1 atom stereocenters. The summed E-state index contributed by atoms with van der Waals surface area (Å²) in [7, 11) is 5.54. The lowest BCUT2D eigenvalue weighted by molar-refractivity contribution is 0.169. The number of ether oxygens (including phenoxy) is 2. The van der Waals surface area contributed by atoms with Gasteiger partial charge in [0.05, 0.1) is 13.3 Å². The van der Waals surface area contributed by atoms with Crippen LogP contribution in [0.3, 0.4) is 0 Å². The molecule has 1 aromatic carbocycles. The molecule has 2 heterocycles. The number of hydrogen-bond acceptors (Lipinski definition) is 8. The average molecular weight is 378 g/mol. The largest absolute Gasteiger partial charge is 0.496 e. The first-order valence-corrected chi connectivity index (χ1v) is 8.78. The first-order chi connectivity index (χ1) is 13.5. The summed E-state index contributed by atoms with van der Waals surface area (Å²) < 4.78 is 11.2. The maximum atomic E-state index is 9.27. The van der Waals surface area contributed by atoms with E-state index in [2.05, 4.69) is 20.3 Å². The summed E-state index contributed by atoms with van der Waals surface area (Å²) in [5.41, 5.74) is 0.146. The topological polar surface area (TPSA) is 96.2 Å². The number of fused-ring (bicyclic) bond motifs is 1. The molecule has 0 spiro atoms. The van der Waals surface area contributed by atoms with Crippen LogP contribution in [0.5, 0.6) is 11.6 Å². The first-order valence-electron chi connectivity index (χ1n) is 8.78. The predicted molar refractivity (Wildman–Crippen MR) is 107 cm³/mol. The van der Waals surface area contributed by atoms with Crippen LogP contribution >= 0.6 is 0 Å². The molecule has 3 rings (SSSR count). The van der Waals surface area contributed by atoms with Gasteiger partial charge in [-0.2, -0.15) is 10.2 Å². The third-order valence-electron chi connectivity index (χ3n) is 3.98. The van der Waals surface area contributed by atoms with Gasteiger partial charge in [-0.25, -0.2) is 9.97 Å². The Kier molecular flexibility index (Phi) is 5.87. The number of pyridine rings is 1. The number of anilines is 2. The second-order valence-electron chi connectivity index (χ2n) is 6.59. The van der Waals surface area contributed by atoms with Gasteiger partial charge in [0.15, 0.2) is 5.82 Å². The smallest absolute Gasteiger partial charge is 0.253 e. The van der Waals surface area contributed by atoms with Crippen LogP contribution in [0.4, 0.5) is 11.6 Å². The van der Waals surface area contributed by atoms with Crippen molar-refractivity contribution in [1.29, 1.82) is 5.26 Å². The number of methoxy groups -OCH3 is 1. The van der Waals surface area contributed by atoms with Crippen LogP contribution in [-0.4, -0.2) is 53.7 Å². The zero-order valence-electron chi connectivity index (χ0n) is 16.3. The van der Waals surface area contributed by atoms with Gasteiger partial charge in [-0.3, -0.25) is 0 Å². The van der Waals surface area contributed by atoms with E-state index in [0.717, 1.165) is 16.5 Å². The summed E-state index contributed by atoms with van der Waals surface area (Å²) >= 11 is 0. The van der Waals surface area contributed by atoms with Crippen molar-refractivity contribution < 1.29 is 9.47 Å². The van der Waals surface area contributed by atoms with E-state index >= 15 is 0 Å². The molecule has 8 heteroatoms. The van der Waals surface area contributed by atoms with E-state index in [9.17, 15) is 5.26 Å². The molecule has 0 bridgehead atoms. The molecule has 8 nitrogen and oxygen atoms in total. The van der Waals surface area contributed by atoms with Crippen LogP contribution in [0.1, 0.15) is 12.6 Å². The van der Waals surface area contributed by atoms with Gasteiger partial charge in [-0.15, -0.1) is 0 Å². The first kappa shape index (κ1) is 19.3. The Morgan fingerprint density at radius 1 is 1.21 bits per heavy atom. The highest BCUT2D eigenvalue weighted by molar-refractivity contribution is 5.89. The highest BCUT2D eigenvalue weighted by Crippen LogP contribution is 2.27. The number of hydrogen-bond donors (Lipinski definition) is 1. The zero-order valence-corrected chi connectivity index (χ0v) is 16.3. The molecule has 3 aromatic rings. The van der Waals surface area contributed by atoms with Gasteiger partial charge in [-0.05, 0) is 38.5 Å². The monoisotopic (exact) mass is 378 g/mol. The number of nitrogens with zero attached hydrogens (tertiary/aromatic N) is 5. The molecular formula is C20H22N6O2. The van der Waals surface area contributed by atoms with Crippen LogP contribution in [0.2, 0.25) is 0 Å². The lowest BCUT2D eigenvalue weighted by Gasteiger charge is -2.18. The van der Waals surface area contributed by atoms with Crippen molar-refractivity contribution in [2.75, 3.05) is 33.1 Å². The molecule has 0 aliphatic rings. The zero-order chi connectivity index (χ0) is 20.1. The van der Waals surface area contributed by atoms with Crippen molar-refractivity contribution in [3.63, 3.8) is 0 Å². The molecule has 1 N–H and O–H groups in total. The summed E-state index contributed by atoms with van der Waals surface area (Å²) in [6.07, 6.45) is 3.08. The van der Waals surface area contributed by atoms with Gasteiger partial charge < -0.3 is 19.7 Å². The Bertz CT molecular complexity index is 1020. The van der Waals surface area contributed by atoms with Gasteiger partial charge in [0.2, 0.25) is 5.69 Å². The Balaban J connectivity index is 1.85. The highest BCUT2D eigenvalue weighted by Gasteiger charge is 2.14. The minimum Gasteiger partial charge on any atom is -0.496 e. The van der Waals surface area contributed by atoms with Gasteiger partial charge >= 0.3 is 0 Å². The summed E-state index contributed by atoms with van der Waals surface area (Å²) in [6, 6.07) is 9.70. The molecule has 2 aromatic heterocycles. The Morgan fingerprint density at radius 3 is 2.75 bits per heavy atom. The van der Waals surface area contributed by atoms with Crippen molar-refractivity contribution in [2.45, 2.75) is 13.0 Å². The number of rotatable bonds is 7. The van der Waals surface area contributed by atoms with E-state index in [1.807, 2.05) is 56.3 Å². The molecule has 0 fully saturated rings. The molecule has 0 saturated carbocycles. The van der Waals surface area contributed by atoms with Crippen molar-refractivity contribution in [3.8, 4) is 17.7 Å². The van der Waals surface area contributed by atoms with E-state index in [1.54, 1.807) is 13.3 Å². The number of nitrogens with one attached hydrogen (secondary N) is 1. The summed E-state index contributed by atoms with van der Waals surface area (Å²) in [5, 5.41) is 14.3. The number of likely N-dealkylation sites (N-methyl/N-ethyl adjacent to an activating group) is 1.